The Bertz CT molecular complexity index is 1200. The molecule has 0 aliphatic carbocycles. The molecular weight excluding hydrogens is 441 g/mol. The molecule has 4 nitrogen and oxygen atoms in total. The minimum absolute atomic E-state index is 0.119. The SMILES string of the molecule is O=c1c2ccccc2nc(SCc2cc(Br)ccc2F)n1Cc1cccnc1. The highest BCUT2D eigenvalue weighted by Crippen LogP contribution is 2.26. The van der Waals surface area contributed by atoms with Gasteiger partial charge in [0.25, 0.3) is 5.56 Å². The fourth-order valence-corrected chi connectivity index (χ4v) is 4.25. The van der Waals surface area contributed by atoms with Gasteiger partial charge in [0.05, 0.1) is 17.4 Å². The van der Waals surface area contributed by atoms with Crippen molar-refractivity contribution in [2.45, 2.75) is 17.5 Å². The zero-order valence-corrected chi connectivity index (χ0v) is 17.1. The Labute approximate surface area is 173 Å². The molecule has 0 spiro atoms. The molecule has 2 aromatic carbocycles. The van der Waals surface area contributed by atoms with E-state index in [1.807, 2.05) is 30.3 Å². The summed E-state index contributed by atoms with van der Waals surface area (Å²) in [5.41, 5.74) is 1.96. The topological polar surface area (TPSA) is 47.8 Å². The number of fused-ring (bicyclic) bond motifs is 1. The number of thioether (sulfide) groups is 1. The molecule has 0 bridgehead atoms. The lowest BCUT2D eigenvalue weighted by Crippen LogP contribution is -2.24. The third-order valence-electron chi connectivity index (χ3n) is 4.25. The van der Waals surface area contributed by atoms with E-state index in [2.05, 4.69) is 25.9 Å². The molecular formula is C21H15BrFN3OS. The van der Waals surface area contributed by atoms with Crippen LogP contribution >= 0.6 is 27.7 Å². The first-order valence-electron chi connectivity index (χ1n) is 8.57. The molecule has 0 saturated carbocycles. The molecule has 0 saturated heterocycles. The second-order valence-electron chi connectivity index (χ2n) is 6.19. The van der Waals surface area contributed by atoms with Gasteiger partial charge in [-0.05, 0) is 47.5 Å². The van der Waals surface area contributed by atoms with Crippen LogP contribution in [0.2, 0.25) is 0 Å². The van der Waals surface area contributed by atoms with Gasteiger partial charge in [0, 0.05) is 22.6 Å². The maximum Gasteiger partial charge on any atom is 0.262 e. The molecule has 140 valence electrons. The van der Waals surface area contributed by atoms with Gasteiger partial charge in [-0.3, -0.25) is 14.3 Å². The number of hydrogen-bond acceptors (Lipinski definition) is 4. The van der Waals surface area contributed by atoms with Gasteiger partial charge in [0.15, 0.2) is 5.16 Å². The first-order chi connectivity index (χ1) is 13.6. The highest BCUT2D eigenvalue weighted by molar-refractivity contribution is 9.10. The number of pyridine rings is 1. The quantitative estimate of drug-likeness (QED) is 0.312. The van der Waals surface area contributed by atoms with E-state index in [1.54, 1.807) is 35.2 Å². The van der Waals surface area contributed by atoms with E-state index >= 15 is 0 Å². The van der Waals surface area contributed by atoms with Crippen LogP contribution in [0.3, 0.4) is 0 Å². The van der Waals surface area contributed by atoms with E-state index in [-0.39, 0.29) is 11.4 Å². The van der Waals surface area contributed by atoms with Gasteiger partial charge < -0.3 is 0 Å². The van der Waals surface area contributed by atoms with Crippen LogP contribution in [-0.4, -0.2) is 14.5 Å². The number of rotatable bonds is 5. The van der Waals surface area contributed by atoms with Gasteiger partial charge in [-0.2, -0.15) is 0 Å². The predicted molar refractivity (Wildman–Crippen MR) is 113 cm³/mol. The lowest BCUT2D eigenvalue weighted by Gasteiger charge is -2.13. The molecule has 0 radical (unpaired) electrons. The van der Waals surface area contributed by atoms with Gasteiger partial charge in [0.2, 0.25) is 0 Å². The summed E-state index contributed by atoms with van der Waals surface area (Å²) in [7, 11) is 0. The van der Waals surface area contributed by atoms with E-state index in [1.165, 1.54) is 17.8 Å². The minimum atomic E-state index is -0.280. The molecule has 2 aromatic heterocycles. The number of para-hydroxylation sites is 1. The van der Waals surface area contributed by atoms with E-state index in [9.17, 15) is 9.18 Å². The molecule has 0 aliphatic heterocycles. The number of halogens is 2. The van der Waals surface area contributed by atoms with Crippen LogP contribution in [0.4, 0.5) is 4.39 Å². The molecule has 4 aromatic rings. The lowest BCUT2D eigenvalue weighted by molar-refractivity contribution is 0.616. The Morgan fingerprint density at radius 1 is 1.11 bits per heavy atom. The summed E-state index contributed by atoms with van der Waals surface area (Å²) in [6, 6.07) is 15.8. The molecule has 0 aliphatic rings. The summed E-state index contributed by atoms with van der Waals surface area (Å²) in [5, 5.41) is 1.11. The lowest BCUT2D eigenvalue weighted by atomic mass is 10.2. The second-order valence-corrected chi connectivity index (χ2v) is 8.05. The van der Waals surface area contributed by atoms with Crippen molar-refractivity contribution >= 4 is 38.6 Å². The Morgan fingerprint density at radius 3 is 2.79 bits per heavy atom. The molecule has 4 rings (SSSR count). The van der Waals surface area contributed by atoms with Crippen LogP contribution in [-0.2, 0) is 12.3 Å². The maximum atomic E-state index is 14.1. The zero-order chi connectivity index (χ0) is 19.5. The summed E-state index contributed by atoms with van der Waals surface area (Å²) in [6.07, 6.45) is 3.42. The van der Waals surface area contributed by atoms with E-state index in [0.717, 1.165) is 10.0 Å². The highest BCUT2D eigenvalue weighted by atomic mass is 79.9. The summed E-state index contributed by atoms with van der Waals surface area (Å²) in [6.45, 7) is 0.355. The zero-order valence-electron chi connectivity index (χ0n) is 14.7. The Morgan fingerprint density at radius 2 is 1.96 bits per heavy atom. The summed E-state index contributed by atoms with van der Waals surface area (Å²) in [5.74, 6) is 0.0842. The molecule has 0 amide bonds. The van der Waals surface area contributed by atoms with Gasteiger partial charge in [0.1, 0.15) is 5.82 Å². The van der Waals surface area contributed by atoms with Crippen molar-refractivity contribution in [3.63, 3.8) is 0 Å². The van der Waals surface area contributed by atoms with Crippen LogP contribution < -0.4 is 5.56 Å². The molecule has 7 heteroatoms. The van der Waals surface area contributed by atoms with Crippen molar-refractivity contribution in [2.75, 3.05) is 0 Å². The number of nitrogens with zero attached hydrogens (tertiary/aromatic N) is 3. The van der Waals surface area contributed by atoms with Crippen molar-refractivity contribution in [1.82, 2.24) is 14.5 Å². The van der Waals surface area contributed by atoms with Gasteiger partial charge >= 0.3 is 0 Å². The number of benzene rings is 2. The van der Waals surface area contributed by atoms with Crippen molar-refractivity contribution < 1.29 is 4.39 Å². The molecule has 0 fully saturated rings. The van der Waals surface area contributed by atoms with Crippen LogP contribution in [0.15, 0.2) is 81.4 Å². The highest BCUT2D eigenvalue weighted by Gasteiger charge is 2.13. The second kappa shape index (κ2) is 8.24. The monoisotopic (exact) mass is 455 g/mol. The molecule has 0 atom stereocenters. The van der Waals surface area contributed by atoms with Crippen molar-refractivity contribution in [3.8, 4) is 0 Å². The Kier molecular flexibility index (Phi) is 5.54. The van der Waals surface area contributed by atoms with Gasteiger partial charge in [-0.1, -0.05) is 45.9 Å². The number of aromatic nitrogens is 3. The smallest absolute Gasteiger partial charge is 0.262 e. The number of hydrogen-bond donors (Lipinski definition) is 0. The average Bonchev–Trinajstić information content (AvgIpc) is 2.72. The molecule has 0 unspecified atom stereocenters. The first-order valence-corrected chi connectivity index (χ1v) is 10.3. The Balaban J connectivity index is 1.76. The van der Waals surface area contributed by atoms with Crippen LogP contribution in [0, 0.1) is 5.82 Å². The third kappa shape index (κ3) is 4.00. The fraction of sp³-hybridized carbons (Fsp3) is 0.0952. The van der Waals surface area contributed by atoms with E-state index < -0.39 is 0 Å². The fourth-order valence-electron chi connectivity index (χ4n) is 2.87. The summed E-state index contributed by atoms with van der Waals surface area (Å²) < 4.78 is 16.6. The van der Waals surface area contributed by atoms with Crippen LogP contribution in [0.5, 0.6) is 0 Å². The first kappa shape index (κ1) is 18.8. The Hall–Kier alpha value is -2.51. The van der Waals surface area contributed by atoms with Gasteiger partial charge in [-0.25, -0.2) is 9.37 Å². The van der Waals surface area contributed by atoms with Crippen LogP contribution in [0.25, 0.3) is 10.9 Å². The molecule has 28 heavy (non-hydrogen) atoms. The summed E-state index contributed by atoms with van der Waals surface area (Å²) >= 11 is 4.71. The molecule has 0 N–H and O–H groups in total. The minimum Gasteiger partial charge on any atom is -0.283 e. The summed E-state index contributed by atoms with van der Waals surface area (Å²) in [4.78, 5) is 21.9. The average molecular weight is 456 g/mol. The van der Waals surface area contributed by atoms with E-state index in [0.29, 0.717) is 33.9 Å². The van der Waals surface area contributed by atoms with Crippen LogP contribution in [0.1, 0.15) is 11.1 Å². The standard InChI is InChI=1S/C21H15BrFN3OS/c22-16-7-8-18(23)15(10-16)13-28-21-25-19-6-2-1-5-17(19)20(27)26(21)12-14-4-3-9-24-11-14/h1-11H,12-13H2. The maximum absolute atomic E-state index is 14.1. The largest absolute Gasteiger partial charge is 0.283 e. The van der Waals surface area contributed by atoms with E-state index in [4.69, 9.17) is 0 Å². The van der Waals surface area contributed by atoms with Crippen molar-refractivity contribution in [1.29, 1.82) is 0 Å². The normalized spacial score (nSPS) is 11.1. The van der Waals surface area contributed by atoms with Crippen molar-refractivity contribution in [3.05, 3.63) is 98.8 Å². The molecule has 2 heterocycles. The van der Waals surface area contributed by atoms with Gasteiger partial charge in [-0.15, -0.1) is 0 Å². The third-order valence-corrected chi connectivity index (χ3v) is 5.77. The predicted octanol–water partition coefficient (Wildman–Crippen LogP) is 5.03. The van der Waals surface area contributed by atoms with Crippen molar-refractivity contribution in [2.24, 2.45) is 0 Å².